The Morgan fingerprint density at radius 1 is 1.33 bits per heavy atom. The number of benzene rings is 1. The van der Waals surface area contributed by atoms with Gasteiger partial charge in [0.15, 0.2) is 0 Å². The van der Waals surface area contributed by atoms with Crippen LogP contribution in [0.4, 0.5) is 0 Å². The largest absolute Gasteiger partial charge is 0.358 e. The molecule has 1 heterocycles. The Balaban J connectivity index is 2.55. The summed E-state index contributed by atoms with van der Waals surface area (Å²) < 4.78 is 26.3. The molecule has 0 aliphatic heterocycles. The molecule has 1 aromatic heterocycles. The van der Waals surface area contributed by atoms with E-state index in [1.165, 1.54) is 14.1 Å². The van der Waals surface area contributed by atoms with Crippen LogP contribution in [0.25, 0.3) is 10.9 Å². The molecule has 0 unspecified atom stereocenters. The zero-order valence-electron chi connectivity index (χ0n) is 12.1. The van der Waals surface area contributed by atoms with Gasteiger partial charge in [-0.2, -0.15) is 4.31 Å². The molecule has 21 heavy (non-hydrogen) atoms. The molecular weight excluding hydrogens is 290 g/mol. The van der Waals surface area contributed by atoms with E-state index in [0.29, 0.717) is 10.9 Å². The lowest BCUT2D eigenvalue weighted by molar-refractivity contribution is -0.120. The number of rotatable bonds is 4. The number of nitrogens with zero attached hydrogens (tertiary/aromatic N) is 2. The highest BCUT2D eigenvalue weighted by Gasteiger charge is 2.25. The molecule has 0 fully saturated rings. The predicted octanol–water partition coefficient (Wildman–Crippen LogP) is 0.910. The Hall–Kier alpha value is -1.99. The molecule has 1 N–H and O–H groups in total. The Labute approximate surface area is 123 Å². The molecule has 2 aromatic rings. The van der Waals surface area contributed by atoms with Crippen molar-refractivity contribution in [3.63, 3.8) is 0 Å². The number of carbonyl (C=O) groups is 1. The lowest BCUT2D eigenvalue weighted by Crippen LogP contribution is -2.36. The highest BCUT2D eigenvalue weighted by atomic mass is 32.2. The normalized spacial score (nSPS) is 11.8. The number of hydrogen-bond acceptors (Lipinski definition) is 4. The summed E-state index contributed by atoms with van der Waals surface area (Å²) in [6.45, 7) is 1.65. The van der Waals surface area contributed by atoms with Gasteiger partial charge in [0.1, 0.15) is 0 Å². The number of nitrogens with one attached hydrogen (secondary N) is 1. The van der Waals surface area contributed by atoms with Crippen LogP contribution in [-0.4, -0.2) is 44.3 Å². The molecule has 0 aliphatic rings. The topological polar surface area (TPSA) is 79.4 Å². The zero-order valence-corrected chi connectivity index (χ0v) is 12.9. The van der Waals surface area contributed by atoms with Crippen LogP contribution < -0.4 is 5.32 Å². The highest BCUT2D eigenvalue weighted by Crippen LogP contribution is 2.26. The quantitative estimate of drug-likeness (QED) is 0.910. The second kappa shape index (κ2) is 5.79. The standard InChI is InChI=1S/C14H17N3O3S/c1-10-6-7-12(11-5-4-8-16-14(10)11)21(19,20)17(3)9-13(18)15-2/h4-8H,9H2,1-3H3,(H,15,18). The van der Waals surface area contributed by atoms with Gasteiger partial charge in [0, 0.05) is 25.7 Å². The molecule has 0 saturated heterocycles. The molecule has 6 nitrogen and oxygen atoms in total. The summed E-state index contributed by atoms with van der Waals surface area (Å²) in [6, 6.07) is 6.68. The minimum absolute atomic E-state index is 0.155. The monoisotopic (exact) mass is 307 g/mol. The van der Waals surface area contributed by atoms with Crippen molar-refractivity contribution in [2.45, 2.75) is 11.8 Å². The molecule has 2 rings (SSSR count). The minimum Gasteiger partial charge on any atom is -0.358 e. The van der Waals surface area contributed by atoms with Gasteiger partial charge in [-0.3, -0.25) is 9.78 Å². The van der Waals surface area contributed by atoms with Crippen LogP contribution in [0.15, 0.2) is 35.4 Å². The molecule has 1 aromatic carbocycles. The minimum atomic E-state index is -3.75. The molecule has 0 bridgehead atoms. The average molecular weight is 307 g/mol. The van der Waals surface area contributed by atoms with Crippen molar-refractivity contribution in [1.82, 2.24) is 14.6 Å². The summed E-state index contributed by atoms with van der Waals surface area (Å²) in [7, 11) is -0.907. The first kappa shape index (κ1) is 15.4. The fraction of sp³-hybridized carbons (Fsp3) is 0.286. The maximum absolute atomic E-state index is 12.6. The van der Waals surface area contributed by atoms with Crippen LogP contribution in [0.5, 0.6) is 0 Å². The number of fused-ring (bicyclic) bond motifs is 1. The van der Waals surface area contributed by atoms with E-state index in [4.69, 9.17) is 0 Å². The number of amides is 1. The van der Waals surface area contributed by atoms with E-state index in [0.717, 1.165) is 9.87 Å². The maximum atomic E-state index is 12.6. The van der Waals surface area contributed by atoms with E-state index in [-0.39, 0.29) is 17.3 Å². The summed E-state index contributed by atoms with van der Waals surface area (Å²) in [5.74, 6) is -0.365. The van der Waals surface area contributed by atoms with E-state index in [1.807, 2.05) is 6.92 Å². The van der Waals surface area contributed by atoms with Crippen LogP contribution in [-0.2, 0) is 14.8 Å². The van der Waals surface area contributed by atoms with E-state index >= 15 is 0 Å². The first-order valence-corrected chi connectivity index (χ1v) is 7.83. The van der Waals surface area contributed by atoms with Crippen LogP contribution in [0.2, 0.25) is 0 Å². The molecule has 112 valence electrons. The third-order valence-electron chi connectivity index (χ3n) is 3.26. The lowest BCUT2D eigenvalue weighted by atomic mass is 10.1. The molecule has 0 aliphatic carbocycles. The summed E-state index contributed by atoms with van der Waals surface area (Å²) in [4.78, 5) is 15.8. The van der Waals surface area contributed by atoms with Crippen LogP contribution in [0.3, 0.4) is 0 Å². The Bertz CT molecular complexity index is 787. The van der Waals surface area contributed by atoms with Gasteiger partial charge in [-0.25, -0.2) is 8.42 Å². The molecule has 7 heteroatoms. The van der Waals surface area contributed by atoms with Gasteiger partial charge >= 0.3 is 0 Å². The van der Waals surface area contributed by atoms with Crippen molar-refractivity contribution in [3.05, 3.63) is 36.0 Å². The van der Waals surface area contributed by atoms with Crippen LogP contribution in [0, 0.1) is 6.92 Å². The van der Waals surface area contributed by atoms with Crippen molar-refractivity contribution in [1.29, 1.82) is 0 Å². The number of sulfonamides is 1. The number of aryl methyl sites for hydroxylation is 1. The van der Waals surface area contributed by atoms with Gasteiger partial charge in [0.25, 0.3) is 0 Å². The summed E-state index contributed by atoms with van der Waals surface area (Å²) in [5.41, 5.74) is 1.55. The first-order chi connectivity index (χ1) is 9.87. The van der Waals surface area contributed by atoms with Gasteiger partial charge in [0.2, 0.25) is 15.9 Å². The van der Waals surface area contributed by atoms with Gasteiger partial charge < -0.3 is 5.32 Å². The summed E-state index contributed by atoms with van der Waals surface area (Å²) >= 11 is 0. The van der Waals surface area contributed by atoms with Crippen molar-refractivity contribution < 1.29 is 13.2 Å². The van der Waals surface area contributed by atoms with E-state index in [1.54, 1.807) is 30.5 Å². The first-order valence-electron chi connectivity index (χ1n) is 6.39. The fourth-order valence-electron chi connectivity index (χ4n) is 2.05. The van der Waals surface area contributed by atoms with Crippen LogP contribution in [0.1, 0.15) is 5.56 Å². The van der Waals surface area contributed by atoms with Crippen LogP contribution >= 0.6 is 0 Å². The number of aromatic nitrogens is 1. The summed E-state index contributed by atoms with van der Waals surface area (Å²) in [5, 5.41) is 2.97. The van der Waals surface area contributed by atoms with Gasteiger partial charge in [-0.1, -0.05) is 6.07 Å². The third-order valence-corrected chi connectivity index (χ3v) is 5.13. The number of carbonyl (C=O) groups excluding carboxylic acids is 1. The van der Waals surface area contributed by atoms with Gasteiger partial charge in [-0.15, -0.1) is 0 Å². The van der Waals surface area contributed by atoms with E-state index in [9.17, 15) is 13.2 Å². The zero-order chi connectivity index (χ0) is 15.6. The maximum Gasteiger partial charge on any atom is 0.243 e. The second-order valence-electron chi connectivity index (χ2n) is 4.71. The second-order valence-corrected chi connectivity index (χ2v) is 6.73. The molecular formula is C14H17N3O3S. The predicted molar refractivity (Wildman–Crippen MR) is 80.4 cm³/mol. The Morgan fingerprint density at radius 2 is 2.05 bits per heavy atom. The molecule has 1 amide bonds. The van der Waals surface area contributed by atoms with Crippen molar-refractivity contribution in [2.75, 3.05) is 20.6 Å². The average Bonchev–Trinajstić information content (AvgIpc) is 2.47. The SMILES string of the molecule is CNC(=O)CN(C)S(=O)(=O)c1ccc(C)c2ncccc12. The van der Waals surface area contributed by atoms with Gasteiger partial charge in [0.05, 0.1) is 17.0 Å². The fourth-order valence-corrected chi connectivity index (χ4v) is 3.35. The van der Waals surface area contributed by atoms with Crippen molar-refractivity contribution >= 4 is 26.8 Å². The van der Waals surface area contributed by atoms with E-state index < -0.39 is 10.0 Å². The number of hydrogen-bond donors (Lipinski definition) is 1. The van der Waals surface area contributed by atoms with Gasteiger partial charge in [-0.05, 0) is 30.7 Å². The molecule has 0 saturated carbocycles. The summed E-state index contributed by atoms with van der Waals surface area (Å²) in [6.07, 6.45) is 1.62. The van der Waals surface area contributed by atoms with E-state index in [2.05, 4.69) is 10.3 Å². The molecule has 0 atom stereocenters. The smallest absolute Gasteiger partial charge is 0.243 e. The Kier molecular flexibility index (Phi) is 4.24. The lowest BCUT2D eigenvalue weighted by Gasteiger charge is -2.17. The third kappa shape index (κ3) is 2.88. The number of likely N-dealkylation sites (N-methyl/N-ethyl adjacent to an activating group) is 2. The molecule has 0 radical (unpaired) electrons. The Morgan fingerprint density at radius 3 is 2.71 bits per heavy atom. The van der Waals surface area contributed by atoms with Crippen molar-refractivity contribution in [2.24, 2.45) is 0 Å². The molecule has 0 spiro atoms. The highest BCUT2D eigenvalue weighted by molar-refractivity contribution is 7.89. The van der Waals surface area contributed by atoms with Crippen molar-refractivity contribution in [3.8, 4) is 0 Å². The number of pyridine rings is 1.